The van der Waals surface area contributed by atoms with E-state index in [1.165, 1.54) is 36.7 Å². The molecule has 0 N–H and O–H groups in total. The van der Waals surface area contributed by atoms with Gasteiger partial charge in [0.1, 0.15) is 17.4 Å². The van der Waals surface area contributed by atoms with Gasteiger partial charge in [0, 0.05) is 54.9 Å². The van der Waals surface area contributed by atoms with E-state index in [4.69, 9.17) is 18.9 Å². The Bertz CT molecular complexity index is 1870. The summed E-state index contributed by atoms with van der Waals surface area (Å²) in [6.07, 6.45) is 9.20. The van der Waals surface area contributed by atoms with E-state index in [1.807, 2.05) is 4.57 Å². The standard InChI is InChI=1S/C33H29FN4O6/c1-41-30-13-24-27(14-31(30)42-2)35-10-7-29(24)44-23-16-36-32(37-17-23)15-28(39)26-19-38(22-8-11-43-12-9-22)18-25(33(26)40)20-3-5-21(34)6-4-20/h3-7,10,13-14,16-19,22H,8-9,11-12,15H2,1-2H3. The molecule has 1 saturated heterocycles. The largest absolute Gasteiger partial charge is 0.493 e. The van der Waals surface area contributed by atoms with E-state index in [-0.39, 0.29) is 23.9 Å². The molecule has 0 radical (unpaired) electrons. The van der Waals surface area contributed by atoms with Crippen LogP contribution in [0.4, 0.5) is 4.39 Å². The summed E-state index contributed by atoms with van der Waals surface area (Å²) in [5.74, 6) is 1.34. The summed E-state index contributed by atoms with van der Waals surface area (Å²) in [5.41, 5.74) is 1.10. The molecule has 0 aliphatic carbocycles. The lowest BCUT2D eigenvalue weighted by Crippen LogP contribution is -2.25. The molecule has 11 heteroatoms. The molecule has 10 nitrogen and oxygen atoms in total. The van der Waals surface area contributed by atoms with Crippen LogP contribution in [0.5, 0.6) is 23.0 Å². The molecule has 0 bridgehead atoms. The molecule has 3 aromatic heterocycles. The van der Waals surface area contributed by atoms with Crippen molar-refractivity contribution in [2.75, 3.05) is 27.4 Å². The van der Waals surface area contributed by atoms with Crippen LogP contribution >= 0.6 is 0 Å². The van der Waals surface area contributed by atoms with Crippen molar-refractivity contribution in [2.24, 2.45) is 0 Å². The van der Waals surface area contributed by atoms with E-state index in [0.29, 0.717) is 58.2 Å². The Morgan fingerprint density at radius 1 is 0.955 bits per heavy atom. The van der Waals surface area contributed by atoms with Gasteiger partial charge in [-0.1, -0.05) is 12.1 Å². The highest BCUT2D eigenvalue weighted by Crippen LogP contribution is 2.36. The first-order valence-corrected chi connectivity index (χ1v) is 14.1. The van der Waals surface area contributed by atoms with Crippen LogP contribution in [-0.4, -0.2) is 52.7 Å². The maximum Gasteiger partial charge on any atom is 0.200 e. The molecule has 0 spiro atoms. The van der Waals surface area contributed by atoms with Gasteiger partial charge >= 0.3 is 0 Å². The number of carbonyl (C=O) groups is 1. The van der Waals surface area contributed by atoms with Crippen LogP contribution < -0.4 is 19.6 Å². The summed E-state index contributed by atoms with van der Waals surface area (Å²) in [4.78, 5) is 40.1. The number of fused-ring (bicyclic) bond motifs is 1. The zero-order chi connectivity index (χ0) is 30.6. The highest BCUT2D eigenvalue weighted by molar-refractivity contribution is 5.97. The number of Topliss-reactive ketones (excluding diaryl/α,β-unsaturated/α-hetero) is 1. The molecule has 4 heterocycles. The molecule has 2 aromatic carbocycles. The predicted octanol–water partition coefficient (Wildman–Crippen LogP) is 5.58. The molecule has 6 rings (SSSR count). The van der Waals surface area contributed by atoms with Crippen LogP contribution in [0.25, 0.3) is 22.0 Å². The Balaban J connectivity index is 1.26. The molecule has 224 valence electrons. The zero-order valence-electron chi connectivity index (χ0n) is 24.2. The number of benzene rings is 2. The second-order valence-electron chi connectivity index (χ2n) is 10.3. The molecule has 44 heavy (non-hydrogen) atoms. The zero-order valence-corrected chi connectivity index (χ0v) is 24.2. The Kier molecular flexibility index (Phi) is 8.29. The molecule has 1 aliphatic rings. The second-order valence-corrected chi connectivity index (χ2v) is 10.3. The Labute approximate surface area is 252 Å². The number of ether oxygens (including phenoxy) is 4. The number of methoxy groups -OCH3 is 2. The molecule has 5 aromatic rings. The Morgan fingerprint density at radius 3 is 2.36 bits per heavy atom. The first-order chi connectivity index (χ1) is 21.4. The van der Waals surface area contributed by atoms with Crippen LogP contribution in [0.1, 0.15) is 35.1 Å². The fraction of sp³-hybridized carbons (Fsp3) is 0.242. The van der Waals surface area contributed by atoms with E-state index >= 15 is 0 Å². The van der Waals surface area contributed by atoms with Crippen molar-refractivity contribution >= 4 is 16.7 Å². The lowest BCUT2D eigenvalue weighted by Gasteiger charge is -2.26. The van der Waals surface area contributed by atoms with Crippen molar-refractivity contribution in [3.63, 3.8) is 0 Å². The molecular weight excluding hydrogens is 567 g/mol. The molecule has 0 unspecified atom stereocenters. The summed E-state index contributed by atoms with van der Waals surface area (Å²) in [7, 11) is 3.10. The van der Waals surface area contributed by atoms with Gasteiger partial charge in [-0.25, -0.2) is 14.4 Å². The average Bonchev–Trinajstić information content (AvgIpc) is 3.06. The average molecular weight is 597 g/mol. The van der Waals surface area contributed by atoms with E-state index in [1.54, 1.807) is 51.0 Å². The number of aromatic nitrogens is 4. The van der Waals surface area contributed by atoms with Crippen molar-refractivity contribution < 1.29 is 28.1 Å². The van der Waals surface area contributed by atoms with Crippen molar-refractivity contribution in [1.82, 2.24) is 19.5 Å². The molecule has 1 fully saturated rings. The predicted molar refractivity (Wildman–Crippen MR) is 160 cm³/mol. The van der Waals surface area contributed by atoms with Gasteiger partial charge in [-0.05, 0) is 42.7 Å². The number of carbonyl (C=O) groups excluding carboxylic acids is 1. The maximum atomic E-state index is 13.6. The van der Waals surface area contributed by atoms with E-state index < -0.39 is 17.0 Å². The van der Waals surface area contributed by atoms with Gasteiger partial charge < -0.3 is 23.5 Å². The van der Waals surface area contributed by atoms with Gasteiger partial charge in [-0.2, -0.15) is 0 Å². The summed E-state index contributed by atoms with van der Waals surface area (Å²) >= 11 is 0. The third-order valence-electron chi connectivity index (χ3n) is 7.55. The van der Waals surface area contributed by atoms with Crippen molar-refractivity contribution in [3.8, 4) is 34.1 Å². The van der Waals surface area contributed by atoms with Gasteiger partial charge in [0.05, 0.1) is 44.1 Å². The van der Waals surface area contributed by atoms with Gasteiger partial charge in [0.15, 0.2) is 28.5 Å². The number of ketones is 1. The quantitative estimate of drug-likeness (QED) is 0.201. The minimum absolute atomic E-state index is 0.0230. The number of halogens is 1. The van der Waals surface area contributed by atoms with Gasteiger partial charge in [-0.15, -0.1) is 0 Å². The summed E-state index contributed by atoms with van der Waals surface area (Å²) in [6, 6.07) is 11.0. The highest BCUT2D eigenvalue weighted by Gasteiger charge is 2.22. The minimum atomic E-state index is -0.429. The SMILES string of the molecule is COc1cc2nccc(Oc3cnc(CC(=O)c4cn(C5CCOCC5)cc(-c5ccc(F)cc5)c4=O)nc3)c2cc1OC. The third-order valence-corrected chi connectivity index (χ3v) is 7.55. The first kappa shape index (κ1) is 28.9. The van der Waals surface area contributed by atoms with Crippen molar-refractivity contribution in [3.05, 3.63) is 101 Å². The fourth-order valence-electron chi connectivity index (χ4n) is 5.21. The lowest BCUT2D eigenvalue weighted by molar-refractivity contribution is 0.0693. The van der Waals surface area contributed by atoms with Gasteiger partial charge in [0.2, 0.25) is 0 Å². The molecular formula is C33H29FN4O6. The summed E-state index contributed by atoms with van der Waals surface area (Å²) < 4.78 is 37.8. The van der Waals surface area contributed by atoms with Crippen LogP contribution in [-0.2, 0) is 11.2 Å². The number of pyridine rings is 2. The van der Waals surface area contributed by atoms with E-state index in [9.17, 15) is 14.0 Å². The van der Waals surface area contributed by atoms with Gasteiger partial charge in [0.25, 0.3) is 0 Å². The van der Waals surface area contributed by atoms with E-state index in [0.717, 1.165) is 12.8 Å². The van der Waals surface area contributed by atoms with Crippen LogP contribution in [0, 0.1) is 5.82 Å². The monoisotopic (exact) mass is 596 g/mol. The summed E-state index contributed by atoms with van der Waals surface area (Å²) in [6.45, 7) is 1.18. The molecule has 0 amide bonds. The molecule has 1 aliphatic heterocycles. The van der Waals surface area contributed by atoms with E-state index in [2.05, 4.69) is 15.0 Å². The minimum Gasteiger partial charge on any atom is -0.493 e. The number of rotatable bonds is 9. The number of nitrogens with zero attached hydrogens (tertiary/aromatic N) is 4. The Hall–Kier alpha value is -5.16. The fourth-order valence-corrected chi connectivity index (χ4v) is 5.21. The van der Waals surface area contributed by atoms with Crippen molar-refractivity contribution in [1.29, 1.82) is 0 Å². The topological polar surface area (TPSA) is 115 Å². The lowest BCUT2D eigenvalue weighted by atomic mass is 10.0. The molecule has 0 atom stereocenters. The number of hydrogen-bond donors (Lipinski definition) is 0. The van der Waals surface area contributed by atoms with Gasteiger partial charge in [-0.3, -0.25) is 14.6 Å². The smallest absolute Gasteiger partial charge is 0.200 e. The van der Waals surface area contributed by atoms with Crippen molar-refractivity contribution in [2.45, 2.75) is 25.3 Å². The normalized spacial score (nSPS) is 13.5. The highest BCUT2D eigenvalue weighted by atomic mass is 19.1. The third kappa shape index (κ3) is 6.00. The molecule has 0 saturated carbocycles. The van der Waals surface area contributed by atoms with Crippen LogP contribution in [0.2, 0.25) is 0 Å². The maximum absolute atomic E-state index is 13.6. The van der Waals surface area contributed by atoms with Crippen LogP contribution in [0.3, 0.4) is 0 Å². The first-order valence-electron chi connectivity index (χ1n) is 14.1. The summed E-state index contributed by atoms with van der Waals surface area (Å²) in [5, 5.41) is 0.700. The van der Waals surface area contributed by atoms with Crippen LogP contribution in [0.15, 0.2) is 78.2 Å². The second kappa shape index (κ2) is 12.6. The number of hydrogen-bond acceptors (Lipinski definition) is 9. The Morgan fingerprint density at radius 2 is 1.66 bits per heavy atom.